The third-order valence-corrected chi connectivity index (χ3v) is 7.79. The van der Waals surface area contributed by atoms with Crippen molar-refractivity contribution in [2.45, 2.75) is 58.9 Å². The van der Waals surface area contributed by atoms with Crippen LogP contribution in [-0.4, -0.2) is 60.1 Å². The van der Waals surface area contributed by atoms with Crippen LogP contribution in [0.3, 0.4) is 0 Å². The number of ether oxygens (including phenoxy) is 1. The van der Waals surface area contributed by atoms with E-state index in [9.17, 15) is 9.59 Å². The number of hydrogen-bond acceptors (Lipinski definition) is 7. The molecule has 1 atom stereocenters. The Labute approximate surface area is 212 Å². The number of thioether (sulfide) groups is 1. The molecule has 188 valence electrons. The number of benzene rings is 1. The number of aliphatic imine (C=N–C) groups is 1. The summed E-state index contributed by atoms with van der Waals surface area (Å²) in [6.07, 6.45) is 4.65. The molecule has 1 saturated heterocycles. The van der Waals surface area contributed by atoms with E-state index in [0.29, 0.717) is 18.5 Å². The second kappa shape index (κ2) is 11.4. The number of nitrogens with zero attached hydrogens (tertiary/aromatic N) is 3. The fourth-order valence-corrected chi connectivity index (χ4v) is 5.96. The van der Waals surface area contributed by atoms with Gasteiger partial charge in [0.2, 0.25) is 5.91 Å². The van der Waals surface area contributed by atoms with Crippen LogP contribution in [0.1, 0.15) is 61.8 Å². The zero-order valence-electron chi connectivity index (χ0n) is 21.2. The first kappa shape index (κ1) is 25.5. The van der Waals surface area contributed by atoms with Gasteiger partial charge in [-0.1, -0.05) is 48.9 Å². The number of methoxy groups -OCH3 is 1. The lowest BCUT2D eigenvalue weighted by atomic mass is 9.89. The third kappa shape index (κ3) is 5.64. The van der Waals surface area contributed by atoms with Crippen molar-refractivity contribution in [1.82, 2.24) is 15.1 Å². The Balaban J connectivity index is 1.57. The van der Waals surface area contributed by atoms with E-state index < -0.39 is 0 Å². The smallest absolute Gasteiger partial charge is 0.338 e. The number of piperidine rings is 1. The first-order valence-electron chi connectivity index (χ1n) is 12.5. The molecule has 3 aliphatic rings. The van der Waals surface area contributed by atoms with Gasteiger partial charge in [0.1, 0.15) is 0 Å². The highest BCUT2D eigenvalue weighted by atomic mass is 32.2. The molecule has 8 heteroatoms. The third-order valence-electron chi connectivity index (χ3n) is 6.90. The minimum Gasteiger partial charge on any atom is -0.466 e. The van der Waals surface area contributed by atoms with Gasteiger partial charge in [-0.2, -0.15) is 0 Å². The van der Waals surface area contributed by atoms with E-state index in [-0.39, 0.29) is 24.3 Å². The number of nitrogens with one attached hydrogen (secondary N) is 1. The molecule has 0 aliphatic carbocycles. The molecule has 0 aromatic heterocycles. The van der Waals surface area contributed by atoms with Crippen LogP contribution in [0.25, 0.3) is 0 Å². The number of rotatable bonds is 8. The van der Waals surface area contributed by atoms with Crippen molar-refractivity contribution >= 4 is 28.8 Å². The normalized spacial score (nSPS) is 20.3. The molecule has 1 aromatic rings. The number of hydrogen-bond donors (Lipinski definition) is 1. The molecule has 3 aliphatic heterocycles. The average molecular weight is 497 g/mol. The molecular formula is C27H36N4O3S. The Morgan fingerprint density at radius 3 is 2.69 bits per heavy atom. The van der Waals surface area contributed by atoms with Gasteiger partial charge >= 0.3 is 5.97 Å². The highest BCUT2D eigenvalue weighted by Crippen LogP contribution is 2.46. The van der Waals surface area contributed by atoms with E-state index in [1.54, 1.807) is 0 Å². The molecule has 4 rings (SSSR count). The monoisotopic (exact) mass is 496 g/mol. The quantitative estimate of drug-likeness (QED) is 0.537. The van der Waals surface area contributed by atoms with Crippen molar-refractivity contribution in [3.8, 4) is 0 Å². The molecule has 1 aromatic carbocycles. The maximum Gasteiger partial charge on any atom is 0.338 e. The van der Waals surface area contributed by atoms with E-state index in [1.165, 1.54) is 38.1 Å². The van der Waals surface area contributed by atoms with Gasteiger partial charge in [0.25, 0.3) is 0 Å². The minimum absolute atomic E-state index is 0.0142. The fraction of sp³-hybridized carbons (Fsp3) is 0.519. The van der Waals surface area contributed by atoms with Crippen LogP contribution in [0.15, 0.2) is 45.6 Å². The molecule has 1 unspecified atom stereocenters. The first-order valence-corrected chi connectivity index (χ1v) is 13.4. The molecule has 35 heavy (non-hydrogen) atoms. The van der Waals surface area contributed by atoms with E-state index in [2.05, 4.69) is 40.2 Å². The molecule has 1 fully saturated rings. The minimum atomic E-state index is -0.382. The summed E-state index contributed by atoms with van der Waals surface area (Å²) < 4.78 is 5.22. The molecule has 0 spiro atoms. The van der Waals surface area contributed by atoms with Gasteiger partial charge in [-0.3, -0.25) is 4.79 Å². The van der Waals surface area contributed by atoms with Crippen LogP contribution < -0.4 is 5.32 Å². The standard InChI is InChI=1S/C27H36N4O3S/c1-5-22-24(26(33)34-4)25(21-15-18(2)9-10-19(21)3)31-20(17-35-27(31)29-22)16-23(32)28-11-14-30-12-7-6-8-13-30/h9-10,15,17,25H,5-8,11-14,16H2,1-4H3,(H,28,32). The van der Waals surface area contributed by atoms with Crippen LogP contribution >= 0.6 is 11.8 Å². The number of esters is 1. The lowest BCUT2D eigenvalue weighted by Gasteiger charge is -2.37. The number of likely N-dealkylation sites (tertiary alicyclic amines) is 1. The highest BCUT2D eigenvalue weighted by molar-refractivity contribution is 8.16. The number of carbonyl (C=O) groups is 2. The zero-order valence-corrected chi connectivity index (χ0v) is 22.0. The SMILES string of the molecule is CCC1=C(C(=O)OC)C(c2cc(C)ccc2C)N2C(CC(=O)NCCN3CCCCC3)=CSC2=N1. The maximum absolute atomic E-state index is 13.0. The van der Waals surface area contributed by atoms with Crippen molar-refractivity contribution in [2.24, 2.45) is 4.99 Å². The summed E-state index contributed by atoms with van der Waals surface area (Å²) in [4.78, 5) is 35.3. The Morgan fingerprint density at radius 1 is 1.20 bits per heavy atom. The number of amidine groups is 1. The second-order valence-electron chi connectivity index (χ2n) is 9.39. The predicted molar refractivity (Wildman–Crippen MR) is 141 cm³/mol. The van der Waals surface area contributed by atoms with Crippen molar-refractivity contribution in [1.29, 1.82) is 0 Å². The molecule has 1 amide bonds. The van der Waals surface area contributed by atoms with Gasteiger partial charge in [-0.15, -0.1) is 0 Å². The Kier molecular flexibility index (Phi) is 8.34. The Morgan fingerprint density at radius 2 is 1.97 bits per heavy atom. The number of amides is 1. The maximum atomic E-state index is 13.0. The molecular weight excluding hydrogens is 460 g/mol. The summed E-state index contributed by atoms with van der Waals surface area (Å²) in [5, 5.41) is 5.89. The lowest BCUT2D eigenvalue weighted by molar-refractivity contribution is -0.136. The number of allylic oxidation sites excluding steroid dienone is 1. The van der Waals surface area contributed by atoms with E-state index in [4.69, 9.17) is 9.73 Å². The number of carbonyl (C=O) groups excluding carboxylic acids is 2. The van der Waals surface area contributed by atoms with Gasteiger partial charge in [0, 0.05) is 18.8 Å². The van der Waals surface area contributed by atoms with Crippen molar-refractivity contribution < 1.29 is 14.3 Å². The van der Waals surface area contributed by atoms with Gasteiger partial charge in [0.05, 0.1) is 30.8 Å². The summed E-state index contributed by atoms with van der Waals surface area (Å²) in [7, 11) is 1.41. The molecule has 1 N–H and O–H groups in total. The molecule has 3 heterocycles. The largest absolute Gasteiger partial charge is 0.466 e. The van der Waals surface area contributed by atoms with Gasteiger partial charge in [-0.25, -0.2) is 9.79 Å². The first-order chi connectivity index (χ1) is 16.9. The van der Waals surface area contributed by atoms with E-state index in [0.717, 1.165) is 52.9 Å². The predicted octanol–water partition coefficient (Wildman–Crippen LogP) is 4.43. The van der Waals surface area contributed by atoms with E-state index in [1.807, 2.05) is 19.3 Å². The Hall–Kier alpha value is -2.58. The van der Waals surface area contributed by atoms with Crippen LogP contribution in [-0.2, 0) is 14.3 Å². The second-order valence-corrected chi connectivity index (χ2v) is 10.2. The number of fused-ring (bicyclic) bond motifs is 1. The summed E-state index contributed by atoms with van der Waals surface area (Å²) in [5.74, 6) is -0.391. The topological polar surface area (TPSA) is 74.2 Å². The van der Waals surface area contributed by atoms with Gasteiger partial charge in [0.15, 0.2) is 5.17 Å². The van der Waals surface area contributed by atoms with Crippen molar-refractivity contribution in [3.63, 3.8) is 0 Å². The fourth-order valence-electron chi connectivity index (χ4n) is 5.02. The van der Waals surface area contributed by atoms with Crippen molar-refractivity contribution in [2.75, 3.05) is 33.3 Å². The van der Waals surface area contributed by atoms with Crippen LogP contribution in [0.2, 0.25) is 0 Å². The number of aryl methyl sites for hydroxylation is 2. The lowest BCUT2D eigenvalue weighted by Crippen LogP contribution is -2.40. The van der Waals surface area contributed by atoms with Crippen molar-refractivity contribution in [3.05, 3.63) is 57.3 Å². The van der Waals surface area contributed by atoms with E-state index >= 15 is 0 Å². The summed E-state index contributed by atoms with van der Waals surface area (Å²) in [6, 6.07) is 5.89. The average Bonchev–Trinajstić information content (AvgIpc) is 3.26. The summed E-state index contributed by atoms with van der Waals surface area (Å²) >= 11 is 1.51. The molecule has 0 radical (unpaired) electrons. The molecule has 0 saturated carbocycles. The zero-order chi connectivity index (χ0) is 24.9. The highest BCUT2D eigenvalue weighted by Gasteiger charge is 2.42. The summed E-state index contributed by atoms with van der Waals surface area (Å²) in [5.41, 5.74) is 5.37. The Bertz CT molecular complexity index is 1070. The van der Waals surface area contributed by atoms with Gasteiger partial charge in [-0.05, 0) is 62.7 Å². The van der Waals surface area contributed by atoms with Crippen LogP contribution in [0.5, 0.6) is 0 Å². The molecule has 0 bridgehead atoms. The van der Waals surface area contributed by atoms with Crippen LogP contribution in [0.4, 0.5) is 0 Å². The summed E-state index contributed by atoms with van der Waals surface area (Å²) in [6.45, 7) is 9.87. The van der Waals surface area contributed by atoms with Crippen LogP contribution in [0, 0.1) is 13.8 Å². The van der Waals surface area contributed by atoms with Gasteiger partial charge < -0.3 is 19.9 Å². The molecule has 7 nitrogen and oxygen atoms in total.